The average Bonchev–Trinajstić information content (AvgIpc) is 2.86. The van der Waals surface area contributed by atoms with E-state index in [0.717, 1.165) is 32.1 Å². The smallest absolute Gasteiger partial charge is 0.258 e. The summed E-state index contributed by atoms with van der Waals surface area (Å²) in [6.07, 6.45) is 8.66. The van der Waals surface area contributed by atoms with Gasteiger partial charge in [0.15, 0.2) is 5.03 Å². The number of aromatic amines is 1. The van der Waals surface area contributed by atoms with Crippen LogP contribution in [-0.2, 0) is 10.0 Å². The van der Waals surface area contributed by atoms with Gasteiger partial charge in [-0.05, 0) is 12.8 Å². The average molecular weight is 299 g/mol. The number of rotatable bonds is 4. The lowest BCUT2D eigenvalue weighted by molar-refractivity contribution is 0.366. The molecular weight excluding hydrogens is 278 g/mol. The summed E-state index contributed by atoms with van der Waals surface area (Å²) in [4.78, 5) is 6.30. The van der Waals surface area contributed by atoms with Gasteiger partial charge >= 0.3 is 0 Å². The molecule has 2 rings (SSSR count). The van der Waals surface area contributed by atoms with Gasteiger partial charge in [-0.15, -0.1) is 0 Å². The minimum absolute atomic E-state index is 0.000171. The molecule has 1 aliphatic rings. The molecule has 1 heterocycles. The standard InChI is InChI=1S/C12H21N5O2S/c13-11(14)12(6-4-2-1-3-5-7-12)17-20(18,19)10-8-15-9-16-10/h8-9,17H,1-7H2,(H3,13,14)(H,15,16). The lowest BCUT2D eigenvalue weighted by Gasteiger charge is -2.34. The highest BCUT2D eigenvalue weighted by molar-refractivity contribution is 7.89. The molecule has 20 heavy (non-hydrogen) atoms. The van der Waals surface area contributed by atoms with Crippen LogP contribution in [-0.4, -0.2) is 29.8 Å². The molecule has 1 aliphatic carbocycles. The Kier molecular flexibility index (Phi) is 4.44. The van der Waals surface area contributed by atoms with Crippen LogP contribution in [0.3, 0.4) is 0 Å². The van der Waals surface area contributed by atoms with Crippen molar-refractivity contribution in [3.63, 3.8) is 0 Å². The van der Waals surface area contributed by atoms with Gasteiger partial charge in [0, 0.05) is 0 Å². The summed E-state index contributed by atoms with van der Waals surface area (Å²) >= 11 is 0. The van der Waals surface area contributed by atoms with Crippen molar-refractivity contribution < 1.29 is 8.42 Å². The quantitative estimate of drug-likeness (QED) is 0.491. The van der Waals surface area contributed by atoms with E-state index in [1.165, 1.54) is 12.5 Å². The Morgan fingerprint density at radius 1 is 1.30 bits per heavy atom. The number of hydrogen-bond acceptors (Lipinski definition) is 4. The van der Waals surface area contributed by atoms with E-state index in [9.17, 15) is 8.42 Å². The summed E-state index contributed by atoms with van der Waals surface area (Å²) in [6.45, 7) is 0. The molecule has 0 amide bonds. The summed E-state index contributed by atoms with van der Waals surface area (Å²) in [6, 6.07) is 0. The summed E-state index contributed by atoms with van der Waals surface area (Å²) in [5.74, 6) is -0.109. The third-order valence-corrected chi connectivity index (χ3v) is 5.28. The molecule has 0 bridgehead atoms. The maximum absolute atomic E-state index is 12.3. The zero-order chi connectivity index (χ0) is 14.6. The molecule has 0 aromatic carbocycles. The fourth-order valence-electron chi connectivity index (χ4n) is 2.64. The van der Waals surface area contributed by atoms with Crippen LogP contribution < -0.4 is 10.5 Å². The fraction of sp³-hybridized carbons (Fsp3) is 0.667. The van der Waals surface area contributed by atoms with E-state index in [0.29, 0.717) is 12.8 Å². The number of hydrogen-bond donors (Lipinski definition) is 4. The lowest BCUT2D eigenvalue weighted by Crippen LogP contribution is -2.57. The minimum Gasteiger partial charge on any atom is -0.386 e. The Bertz CT molecular complexity index is 544. The van der Waals surface area contributed by atoms with E-state index >= 15 is 0 Å². The highest BCUT2D eigenvalue weighted by atomic mass is 32.2. The van der Waals surface area contributed by atoms with Crippen LogP contribution in [0.1, 0.15) is 44.9 Å². The Labute approximate surface area is 118 Å². The Balaban J connectivity index is 2.26. The number of amidine groups is 1. The molecule has 112 valence electrons. The normalized spacial score (nSPS) is 20.0. The molecular formula is C12H21N5O2S. The molecule has 1 aromatic rings. The largest absolute Gasteiger partial charge is 0.386 e. The monoisotopic (exact) mass is 299 g/mol. The van der Waals surface area contributed by atoms with Crippen molar-refractivity contribution in [1.82, 2.24) is 14.7 Å². The molecule has 0 unspecified atom stereocenters. The van der Waals surface area contributed by atoms with Gasteiger partial charge in [0.05, 0.1) is 18.1 Å². The van der Waals surface area contributed by atoms with Gasteiger partial charge in [-0.2, -0.15) is 4.72 Å². The number of nitrogens with zero attached hydrogens (tertiary/aromatic N) is 1. The van der Waals surface area contributed by atoms with E-state index in [2.05, 4.69) is 14.7 Å². The van der Waals surface area contributed by atoms with E-state index in [4.69, 9.17) is 11.1 Å². The Morgan fingerprint density at radius 3 is 2.40 bits per heavy atom. The minimum atomic E-state index is -3.74. The van der Waals surface area contributed by atoms with Gasteiger partial charge < -0.3 is 10.7 Å². The first-order valence-electron chi connectivity index (χ1n) is 6.83. The molecule has 1 aromatic heterocycles. The third-order valence-electron chi connectivity index (χ3n) is 3.82. The first kappa shape index (κ1) is 15.0. The first-order valence-corrected chi connectivity index (χ1v) is 8.31. The number of imidazole rings is 1. The number of nitrogens with two attached hydrogens (primary N) is 1. The zero-order valence-electron chi connectivity index (χ0n) is 11.4. The van der Waals surface area contributed by atoms with Crippen molar-refractivity contribution in [2.45, 2.75) is 55.5 Å². The molecule has 5 N–H and O–H groups in total. The van der Waals surface area contributed by atoms with Crippen LogP contribution in [0.4, 0.5) is 0 Å². The second-order valence-electron chi connectivity index (χ2n) is 5.28. The Morgan fingerprint density at radius 2 is 1.90 bits per heavy atom. The first-order chi connectivity index (χ1) is 9.46. The molecule has 1 fully saturated rings. The third kappa shape index (κ3) is 3.18. The van der Waals surface area contributed by atoms with Crippen molar-refractivity contribution in [2.24, 2.45) is 5.73 Å². The van der Waals surface area contributed by atoms with Crippen molar-refractivity contribution in [3.8, 4) is 0 Å². The molecule has 0 saturated heterocycles. The number of aromatic nitrogens is 2. The van der Waals surface area contributed by atoms with E-state index in [1.54, 1.807) is 0 Å². The molecule has 0 aliphatic heterocycles. The molecule has 0 radical (unpaired) electrons. The van der Waals surface area contributed by atoms with Crippen molar-refractivity contribution in [3.05, 3.63) is 12.5 Å². The van der Waals surface area contributed by atoms with E-state index < -0.39 is 15.6 Å². The summed E-state index contributed by atoms with van der Waals surface area (Å²) in [5.41, 5.74) is 4.75. The predicted molar refractivity (Wildman–Crippen MR) is 75.9 cm³/mol. The van der Waals surface area contributed by atoms with Gasteiger partial charge in [-0.25, -0.2) is 13.4 Å². The van der Waals surface area contributed by atoms with Crippen LogP contribution in [0.15, 0.2) is 17.6 Å². The second-order valence-corrected chi connectivity index (χ2v) is 6.94. The van der Waals surface area contributed by atoms with Crippen molar-refractivity contribution in [2.75, 3.05) is 0 Å². The number of H-pyrrole nitrogens is 1. The SMILES string of the molecule is N=C(N)C1(NS(=O)(=O)c2cnc[nH]2)CCCCCCC1. The van der Waals surface area contributed by atoms with Crippen molar-refractivity contribution >= 4 is 15.9 Å². The topological polar surface area (TPSA) is 125 Å². The predicted octanol–water partition coefficient (Wildman–Crippen LogP) is 1.11. The number of sulfonamides is 1. The number of nitrogens with one attached hydrogen (secondary N) is 3. The summed E-state index contributed by atoms with van der Waals surface area (Å²) in [7, 11) is -3.74. The Hall–Kier alpha value is -1.41. The second kappa shape index (κ2) is 5.92. The summed E-state index contributed by atoms with van der Waals surface area (Å²) in [5, 5.41) is 7.84. The van der Waals surface area contributed by atoms with Gasteiger partial charge in [0.25, 0.3) is 10.0 Å². The van der Waals surface area contributed by atoms with E-state index in [-0.39, 0.29) is 10.9 Å². The lowest BCUT2D eigenvalue weighted by atomic mass is 9.84. The van der Waals surface area contributed by atoms with Gasteiger partial charge in [0.2, 0.25) is 0 Å². The zero-order valence-corrected chi connectivity index (χ0v) is 12.2. The van der Waals surface area contributed by atoms with Crippen molar-refractivity contribution in [1.29, 1.82) is 5.41 Å². The fourth-order valence-corrected chi connectivity index (χ4v) is 3.98. The molecule has 1 saturated carbocycles. The van der Waals surface area contributed by atoms with E-state index in [1.807, 2.05) is 0 Å². The highest BCUT2D eigenvalue weighted by Gasteiger charge is 2.38. The van der Waals surface area contributed by atoms with Crippen LogP contribution in [0.25, 0.3) is 0 Å². The van der Waals surface area contributed by atoms with Crippen LogP contribution in [0.2, 0.25) is 0 Å². The maximum Gasteiger partial charge on any atom is 0.258 e. The van der Waals surface area contributed by atoms with Crippen LogP contribution in [0.5, 0.6) is 0 Å². The molecule has 8 heteroatoms. The van der Waals surface area contributed by atoms with Gasteiger partial charge in [-0.3, -0.25) is 5.41 Å². The summed E-state index contributed by atoms with van der Waals surface area (Å²) < 4.78 is 27.3. The molecule has 0 spiro atoms. The maximum atomic E-state index is 12.3. The van der Waals surface area contributed by atoms with Crippen LogP contribution >= 0.6 is 0 Å². The molecule has 7 nitrogen and oxygen atoms in total. The van der Waals surface area contributed by atoms with Crippen LogP contribution in [0, 0.1) is 5.41 Å². The molecule has 0 atom stereocenters. The van der Waals surface area contributed by atoms with Gasteiger partial charge in [-0.1, -0.05) is 32.1 Å². The van der Waals surface area contributed by atoms with Gasteiger partial charge in [0.1, 0.15) is 5.84 Å². The highest BCUT2D eigenvalue weighted by Crippen LogP contribution is 2.28.